The van der Waals surface area contributed by atoms with E-state index in [2.05, 4.69) is 15.9 Å². The summed E-state index contributed by atoms with van der Waals surface area (Å²) >= 11 is 3.13. The van der Waals surface area contributed by atoms with Gasteiger partial charge >= 0.3 is 0 Å². The Kier molecular flexibility index (Phi) is 2.81. The maximum Gasteiger partial charge on any atom is 0.198 e. The second-order valence-electron chi connectivity index (χ2n) is 2.26. The quantitative estimate of drug-likeness (QED) is 0.667. The summed E-state index contributed by atoms with van der Waals surface area (Å²) in [6.07, 6.45) is 0.777. The molecule has 0 N–H and O–H groups in total. The number of Topliss-reactive ketones (excluding diaryl/α,β-unsaturated/α-hetero) is 1. The molecule has 0 aromatic carbocycles. The Hall–Kier alpha value is -0.190. The molecule has 0 aliphatic carbocycles. The fourth-order valence-electron chi connectivity index (χ4n) is 0.822. The van der Waals surface area contributed by atoms with Crippen LogP contribution in [0.2, 0.25) is 0 Å². The lowest BCUT2D eigenvalue weighted by atomic mass is 10.2. The molecule has 0 amide bonds. The molecule has 0 spiro atoms. The van der Waals surface area contributed by atoms with Gasteiger partial charge in [-0.15, -0.1) is 0 Å². The van der Waals surface area contributed by atoms with Gasteiger partial charge in [-0.05, 0) is 28.9 Å². The van der Waals surface area contributed by atoms with Gasteiger partial charge in [0.05, 0.1) is 4.48 Å². The topological polar surface area (TPSA) is 35.5 Å². The third kappa shape index (κ3) is 1.89. The first-order valence-corrected chi connectivity index (χ1v) is 4.04. The Morgan fingerprint density at radius 2 is 2.36 bits per heavy atom. The van der Waals surface area contributed by atoms with E-state index < -0.39 is 12.4 Å². The number of carbonyl (C=O) groups excluding carboxylic acids is 1. The van der Waals surface area contributed by atoms with Crippen LogP contribution in [0.25, 0.3) is 0 Å². The van der Waals surface area contributed by atoms with Gasteiger partial charge < -0.3 is 9.47 Å². The van der Waals surface area contributed by atoms with E-state index in [0.717, 1.165) is 0 Å². The van der Waals surface area contributed by atoms with Crippen molar-refractivity contribution in [3.63, 3.8) is 0 Å². The summed E-state index contributed by atoms with van der Waals surface area (Å²) in [6.45, 7) is 1.70. The van der Waals surface area contributed by atoms with Gasteiger partial charge in [-0.3, -0.25) is 4.79 Å². The zero-order valence-electron chi connectivity index (χ0n) is 6.33. The number of halogens is 1. The van der Waals surface area contributed by atoms with E-state index >= 15 is 0 Å². The molecule has 62 valence electrons. The van der Waals surface area contributed by atoms with Crippen molar-refractivity contribution >= 4 is 21.7 Å². The van der Waals surface area contributed by atoms with Gasteiger partial charge in [-0.25, -0.2) is 0 Å². The van der Waals surface area contributed by atoms with E-state index in [4.69, 9.17) is 9.47 Å². The maximum absolute atomic E-state index is 11.1. The molecule has 0 aromatic heterocycles. The van der Waals surface area contributed by atoms with Crippen molar-refractivity contribution in [1.82, 2.24) is 0 Å². The summed E-state index contributed by atoms with van der Waals surface area (Å²) in [5.41, 5.74) is 0. The van der Waals surface area contributed by atoms with Gasteiger partial charge in [-0.2, -0.15) is 0 Å². The Morgan fingerprint density at radius 1 is 1.73 bits per heavy atom. The minimum atomic E-state index is -0.417. The third-order valence-electron chi connectivity index (χ3n) is 1.46. The van der Waals surface area contributed by atoms with Gasteiger partial charge in [0.15, 0.2) is 12.1 Å². The van der Waals surface area contributed by atoms with Gasteiger partial charge in [0.2, 0.25) is 0 Å². The van der Waals surface area contributed by atoms with Crippen LogP contribution in [0.1, 0.15) is 6.92 Å². The molecule has 0 saturated heterocycles. The highest BCUT2D eigenvalue weighted by Crippen LogP contribution is 2.19. The molecular weight excluding hydrogens is 212 g/mol. The van der Waals surface area contributed by atoms with E-state index in [1.807, 2.05) is 0 Å². The molecule has 0 saturated carbocycles. The average Bonchev–Trinajstić information content (AvgIpc) is 1.99. The Balaban J connectivity index is 2.76. The lowest BCUT2D eigenvalue weighted by Gasteiger charge is -2.22. The van der Waals surface area contributed by atoms with Crippen molar-refractivity contribution in [2.75, 3.05) is 7.11 Å². The van der Waals surface area contributed by atoms with Crippen LogP contribution in [0, 0.1) is 0 Å². The molecule has 0 bridgehead atoms. The van der Waals surface area contributed by atoms with Crippen molar-refractivity contribution in [1.29, 1.82) is 0 Å². The molecule has 0 fully saturated rings. The van der Waals surface area contributed by atoms with E-state index in [9.17, 15) is 4.79 Å². The normalized spacial score (nSPS) is 31.9. The number of hydrogen-bond acceptors (Lipinski definition) is 3. The number of ketones is 1. The fraction of sp³-hybridized carbons (Fsp3) is 0.571. The molecule has 1 rings (SSSR count). The summed E-state index contributed by atoms with van der Waals surface area (Å²) in [4.78, 5) is 11.1. The van der Waals surface area contributed by atoms with Crippen LogP contribution in [0.5, 0.6) is 0 Å². The summed E-state index contributed by atoms with van der Waals surface area (Å²) in [7, 11) is 1.53. The molecule has 0 radical (unpaired) electrons. The second-order valence-corrected chi connectivity index (χ2v) is 3.12. The summed E-state index contributed by atoms with van der Waals surface area (Å²) in [5, 5.41) is 0. The van der Waals surface area contributed by atoms with E-state index in [0.29, 0.717) is 4.48 Å². The number of hydrogen-bond donors (Lipinski definition) is 0. The first-order valence-electron chi connectivity index (χ1n) is 3.25. The van der Waals surface area contributed by atoms with Gasteiger partial charge in [0.1, 0.15) is 6.10 Å². The second kappa shape index (κ2) is 3.47. The lowest BCUT2D eigenvalue weighted by Crippen LogP contribution is -2.31. The van der Waals surface area contributed by atoms with Crippen LogP contribution in [0.4, 0.5) is 0 Å². The molecule has 0 unspecified atom stereocenters. The van der Waals surface area contributed by atoms with Crippen molar-refractivity contribution < 1.29 is 14.3 Å². The zero-order chi connectivity index (χ0) is 8.43. The van der Waals surface area contributed by atoms with Crippen molar-refractivity contribution in [2.24, 2.45) is 0 Å². The molecule has 3 nitrogen and oxygen atoms in total. The summed E-state index contributed by atoms with van der Waals surface area (Å²) in [6, 6.07) is 0. The first-order chi connectivity index (χ1) is 5.15. The summed E-state index contributed by atoms with van der Waals surface area (Å²) in [5.74, 6) is -0.0432. The lowest BCUT2D eigenvalue weighted by molar-refractivity contribution is -0.152. The number of ether oxygens (including phenoxy) is 2. The van der Waals surface area contributed by atoms with Crippen LogP contribution in [0.3, 0.4) is 0 Å². The molecule has 4 heteroatoms. The van der Waals surface area contributed by atoms with E-state index in [-0.39, 0.29) is 5.78 Å². The van der Waals surface area contributed by atoms with Crippen LogP contribution in [0.15, 0.2) is 10.6 Å². The average molecular weight is 221 g/mol. The number of rotatable bonds is 1. The molecule has 2 atom stereocenters. The molecule has 0 aromatic rings. The first kappa shape index (κ1) is 8.90. The van der Waals surface area contributed by atoms with Crippen molar-refractivity contribution in [2.45, 2.75) is 19.3 Å². The van der Waals surface area contributed by atoms with Gasteiger partial charge in [0.25, 0.3) is 0 Å². The predicted molar refractivity (Wildman–Crippen MR) is 43.4 cm³/mol. The zero-order valence-corrected chi connectivity index (χ0v) is 7.92. The SMILES string of the molecule is CO[C@@H]1C=C(Br)C(=O)[C@@H](C)O1. The summed E-state index contributed by atoms with van der Waals surface area (Å²) < 4.78 is 10.6. The van der Waals surface area contributed by atoms with Crippen LogP contribution in [-0.2, 0) is 14.3 Å². The van der Waals surface area contributed by atoms with Gasteiger partial charge in [-0.1, -0.05) is 0 Å². The Morgan fingerprint density at radius 3 is 2.82 bits per heavy atom. The molecule has 1 heterocycles. The van der Waals surface area contributed by atoms with Crippen LogP contribution < -0.4 is 0 Å². The largest absolute Gasteiger partial charge is 0.352 e. The van der Waals surface area contributed by atoms with Crippen molar-refractivity contribution in [3.8, 4) is 0 Å². The van der Waals surface area contributed by atoms with E-state index in [1.165, 1.54) is 7.11 Å². The highest BCUT2D eigenvalue weighted by Gasteiger charge is 2.25. The molecule has 1 aliphatic heterocycles. The van der Waals surface area contributed by atoms with Crippen LogP contribution >= 0.6 is 15.9 Å². The standard InChI is InChI=1S/C7H9BrO3/c1-4-7(9)5(8)3-6(10-2)11-4/h3-4,6H,1-2H3/t4-,6+/m1/s1. The Bertz CT molecular complexity index is 200. The number of carbonyl (C=O) groups is 1. The van der Waals surface area contributed by atoms with Crippen LogP contribution in [-0.4, -0.2) is 25.3 Å². The predicted octanol–water partition coefficient (Wildman–Crippen LogP) is 1.23. The van der Waals surface area contributed by atoms with Gasteiger partial charge in [0, 0.05) is 7.11 Å². The highest BCUT2D eigenvalue weighted by molar-refractivity contribution is 9.12. The minimum absolute atomic E-state index is 0.0432. The highest BCUT2D eigenvalue weighted by atomic mass is 79.9. The minimum Gasteiger partial charge on any atom is -0.352 e. The monoisotopic (exact) mass is 220 g/mol. The van der Waals surface area contributed by atoms with Crippen molar-refractivity contribution in [3.05, 3.63) is 10.6 Å². The fourth-order valence-corrected chi connectivity index (χ4v) is 1.36. The molecule has 1 aliphatic rings. The molecule has 11 heavy (non-hydrogen) atoms. The Labute approximate surface area is 73.5 Å². The van der Waals surface area contributed by atoms with E-state index in [1.54, 1.807) is 13.0 Å². The third-order valence-corrected chi connectivity index (χ3v) is 2.11. The molecular formula is C7H9BrO3. The number of methoxy groups -OCH3 is 1. The maximum atomic E-state index is 11.1. The smallest absolute Gasteiger partial charge is 0.198 e.